The van der Waals surface area contributed by atoms with Crippen molar-refractivity contribution in [2.24, 2.45) is 0 Å². The van der Waals surface area contributed by atoms with Crippen LogP contribution in [0.15, 0.2) is 42.5 Å². The maximum atomic E-state index is 12.6. The summed E-state index contributed by atoms with van der Waals surface area (Å²) in [5.41, 5.74) is 0.310. The summed E-state index contributed by atoms with van der Waals surface area (Å²) in [6.07, 6.45) is -4.43. The van der Waals surface area contributed by atoms with Crippen LogP contribution in [0.4, 0.5) is 18.0 Å². The molecule has 0 aliphatic carbocycles. The van der Waals surface area contributed by atoms with Gasteiger partial charge in [-0.05, 0) is 47.2 Å². The third kappa shape index (κ3) is 4.70. The van der Waals surface area contributed by atoms with Crippen molar-refractivity contribution in [1.29, 1.82) is 0 Å². The summed E-state index contributed by atoms with van der Waals surface area (Å²) in [6.45, 7) is 0.00149. The molecule has 0 spiro atoms. The van der Waals surface area contributed by atoms with E-state index < -0.39 is 34.0 Å². The number of alkyl halides is 3. The normalized spacial score (nSPS) is 16.5. The molecule has 1 unspecified atom stereocenters. The quantitative estimate of drug-likeness (QED) is 0.765. The van der Waals surface area contributed by atoms with Gasteiger partial charge >= 0.3 is 6.18 Å². The van der Waals surface area contributed by atoms with Crippen molar-refractivity contribution >= 4 is 28.8 Å². The van der Waals surface area contributed by atoms with Crippen LogP contribution in [-0.2, 0) is 17.5 Å². The summed E-state index contributed by atoms with van der Waals surface area (Å²) in [4.78, 5) is 35.8. The Morgan fingerprint density at radius 3 is 2.41 bits per heavy atom. The number of hydrogen-bond acceptors (Lipinski definition) is 5. The lowest BCUT2D eigenvalue weighted by Gasteiger charge is -2.13. The average molecular weight is 424 g/mol. The maximum Gasteiger partial charge on any atom is 0.416 e. The van der Waals surface area contributed by atoms with Crippen molar-refractivity contribution in [2.45, 2.75) is 18.0 Å². The maximum absolute atomic E-state index is 12.6. The minimum absolute atomic E-state index is 0.00149. The lowest BCUT2D eigenvalue weighted by molar-refractivity contribution is -0.137. The SMILES string of the molecule is COc1ccc(C2SC(=O)NC2=O)cc1C(=O)NCc1ccc(C(F)(F)F)cc1. The molecule has 10 heteroatoms. The largest absolute Gasteiger partial charge is 0.496 e. The Morgan fingerprint density at radius 1 is 1.17 bits per heavy atom. The fourth-order valence-electron chi connectivity index (χ4n) is 2.73. The highest BCUT2D eigenvalue weighted by Gasteiger charge is 2.33. The van der Waals surface area contributed by atoms with Crippen LogP contribution >= 0.6 is 11.8 Å². The second kappa shape index (κ2) is 8.16. The van der Waals surface area contributed by atoms with Crippen LogP contribution in [-0.4, -0.2) is 24.2 Å². The minimum Gasteiger partial charge on any atom is -0.496 e. The van der Waals surface area contributed by atoms with E-state index >= 15 is 0 Å². The first-order valence-electron chi connectivity index (χ1n) is 8.33. The number of rotatable bonds is 5. The van der Waals surface area contributed by atoms with E-state index in [9.17, 15) is 27.6 Å². The molecule has 29 heavy (non-hydrogen) atoms. The summed E-state index contributed by atoms with van der Waals surface area (Å²) in [7, 11) is 1.38. The summed E-state index contributed by atoms with van der Waals surface area (Å²) in [5.74, 6) is -0.743. The summed E-state index contributed by atoms with van der Waals surface area (Å²) >= 11 is 0.810. The number of carbonyl (C=O) groups is 3. The van der Waals surface area contributed by atoms with Gasteiger partial charge in [0.15, 0.2) is 0 Å². The zero-order valence-electron chi connectivity index (χ0n) is 15.0. The number of imide groups is 1. The molecule has 6 nitrogen and oxygen atoms in total. The first-order chi connectivity index (χ1) is 13.7. The van der Waals surface area contributed by atoms with Gasteiger partial charge in [-0.1, -0.05) is 18.2 Å². The number of nitrogens with one attached hydrogen (secondary N) is 2. The van der Waals surface area contributed by atoms with Gasteiger partial charge < -0.3 is 10.1 Å². The second-order valence-electron chi connectivity index (χ2n) is 6.11. The Labute approximate surface area is 167 Å². The first-order valence-corrected chi connectivity index (χ1v) is 9.21. The highest BCUT2D eigenvalue weighted by atomic mass is 32.2. The number of thioether (sulfide) groups is 1. The molecule has 0 bridgehead atoms. The van der Waals surface area contributed by atoms with E-state index in [2.05, 4.69) is 10.6 Å². The van der Waals surface area contributed by atoms with Gasteiger partial charge in [0.2, 0.25) is 5.91 Å². The molecule has 1 heterocycles. The summed E-state index contributed by atoms with van der Waals surface area (Å²) in [6, 6.07) is 8.99. The molecule has 1 aliphatic rings. The van der Waals surface area contributed by atoms with Crippen molar-refractivity contribution in [3.8, 4) is 5.75 Å². The molecule has 0 aromatic heterocycles. The molecule has 152 valence electrons. The van der Waals surface area contributed by atoms with Crippen molar-refractivity contribution in [1.82, 2.24) is 10.6 Å². The van der Waals surface area contributed by atoms with Crippen molar-refractivity contribution in [2.75, 3.05) is 7.11 Å². The van der Waals surface area contributed by atoms with E-state index in [0.29, 0.717) is 11.1 Å². The molecular weight excluding hydrogens is 409 g/mol. The lowest BCUT2D eigenvalue weighted by atomic mass is 10.1. The van der Waals surface area contributed by atoms with Gasteiger partial charge in [-0.25, -0.2) is 0 Å². The third-order valence-corrected chi connectivity index (χ3v) is 5.23. The van der Waals surface area contributed by atoms with E-state index in [4.69, 9.17) is 4.74 Å². The van der Waals surface area contributed by atoms with E-state index in [1.54, 1.807) is 6.07 Å². The van der Waals surface area contributed by atoms with Crippen LogP contribution in [0.3, 0.4) is 0 Å². The number of halogens is 3. The van der Waals surface area contributed by atoms with Crippen LogP contribution < -0.4 is 15.4 Å². The van der Waals surface area contributed by atoms with Crippen LogP contribution in [0.5, 0.6) is 5.75 Å². The van der Waals surface area contributed by atoms with Gasteiger partial charge in [0.25, 0.3) is 11.1 Å². The first kappa shape index (κ1) is 20.7. The van der Waals surface area contributed by atoms with Crippen LogP contribution in [0, 0.1) is 0 Å². The van der Waals surface area contributed by atoms with Gasteiger partial charge in [-0.15, -0.1) is 0 Å². The molecule has 1 fully saturated rings. The molecule has 3 rings (SSSR count). The number of carbonyl (C=O) groups excluding carboxylic acids is 3. The van der Waals surface area contributed by atoms with E-state index in [1.807, 2.05) is 0 Å². The van der Waals surface area contributed by atoms with E-state index in [0.717, 1.165) is 23.9 Å². The Kier molecular flexibility index (Phi) is 5.83. The monoisotopic (exact) mass is 424 g/mol. The van der Waals surface area contributed by atoms with Crippen molar-refractivity contribution in [3.63, 3.8) is 0 Å². The van der Waals surface area contributed by atoms with Gasteiger partial charge in [0, 0.05) is 6.54 Å². The molecule has 3 amide bonds. The molecule has 1 saturated heterocycles. The molecule has 2 aromatic carbocycles. The predicted molar refractivity (Wildman–Crippen MR) is 99.5 cm³/mol. The Morgan fingerprint density at radius 2 is 1.86 bits per heavy atom. The Bertz CT molecular complexity index is 961. The molecule has 1 aliphatic heterocycles. The average Bonchev–Trinajstić information content (AvgIpc) is 3.03. The Balaban J connectivity index is 1.75. The molecule has 0 saturated carbocycles. The van der Waals surface area contributed by atoms with Gasteiger partial charge in [-0.3, -0.25) is 19.7 Å². The molecule has 1 atom stereocenters. The molecule has 2 aromatic rings. The van der Waals surface area contributed by atoms with Gasteiger partial charge in [0.05, 0.1) is 18.2 Å². The highest BCUT2D eigenvalue weighted by Crippen LogP contribution is 2.36. The number of methoxy groups -OCH3 is 1. The van der Waals surface area contributed by atoms with Crippen LogP contribution in [0.1, 0.15) is 32.3 Å². The number of amides is 3. The topological polar surface area (TPSA) is 84.5 Å². The number of hydrogen-bond donors (Lipinski definition) is 2. The van der Waals surface area contributed by atoms with Crippen LogP contribution in [0.25, 0.3) is 0 Å². The standard InChI is InChI=1S/C19H15F3N2O4S/c1-28-14-7-4-11(15-17(26)24-18(27)29-15)8-13(14)16(25)23-9-10-2-5-12(6-3-10)19(20,21)22/h2-8,15H,9H2,1H3,(H,23,25)(H,24,26,27). The summed E-state index contributed by atoms with van der Waals surface area (Å²) < 4.78 is 43.0. The van der Waals surface area contributed by atoms with Crippen molar-refractivity contribution < 1.29 is 32.3 Å². The van der Waals surface area contributed by atoms with Crippen LogP contribution in [0.2, 0.25) is 0 Å². The fourth-order valence-corrected chi connectivity index (χ4v) is 3.55. The lowest BCUT2D eigenvalue weighted by Crippen LogP contribution is -2.24. The van der Waals surface area contributed by atoms with Crippen molar-refractivity contribution in [3.05, 3.63) is 64.7 Å². The summed E-state index contributed by atoms with van der Waals surface area (Å²) in [5, 5.41) is 3.55. The van der Waals surface area contributed by atoms with E-state index in [-0.39, 0.29) is 17.9 Å². The zero-order valence-corrected chi connectivity index (χ0v) is 15.8. The number of ether oxygens (including phenoxy) is 1. The Hall–Kier alpha value is -3.01. The van der Waals surface area contributed by atoms with Gasteiger partial charge in [-0.2, -0.15) is 13.2 Å². The minimum atomic E-state index is -4.43. The predicted octanol–water partition coefficient (Wildman–Crippen LogP) is 3.67. The van der Waals surface area contributed by atoms with Gasteiger partial charge in [0.1, 0.15) is 11.0 Å². The highest BCUT2D eigenvalue weighted by molar-refractivity contribution is 8.15. The smallest absolute Gasteiger partial charge is 0.416 e. The molecule has 2 N–H and O–H groups in total. The fraction of sp³-hybridized carbons (Fsp3) is 0.211. The van der Waals surface area contributed by atoms with E-state index in [1.165, 1.54) is 31.4 Å². The molecular formula is C19H15F3N2O4S. The number of benzene rings is 2. The zero-order chi connectivity index (χ0) is 21.2. The third-order valence-electron chi connectivity index (χ3n) is 4.19. The molecule has 0 radical (unpaired) electrons. The second-order valence-corrected chi connectivity index (χ2v) is 7.19.